The van der Waals surface area contributed by atoms with Gasteiger partial charge in [0.1, 0.15) is 12.0 Å². The molecule has 0 radical (unpaired) electrons. The number of ether oxygens (including phenoxy) is 1. The smallest absolute Gasteiger partial charge is 0.124 e. The van der Waals surface area contributed by atoms with Crippen molar-refractivity contribution in [1.29, 1.82) is 0 Å². The first-order valence-electron chi connectivity index (χ1n) is 5.19. The highest BCUT2D eigenvalue weighted by molar-refractivity contribution is 5.52. The Morgan fingerprint density at radius 3 is 2.27 bits per heavy atom. The predicted octanol–water partition coefficient (Wildman–Crippen LogP) is 3.00. The van der Waals surface area contributed by atoms with E-state index >= 15 is 0 Å². The summed E-state index contributed by atoms with van der Waals surface area (Å²) >= 11 is 0. The summed E-state index contributed by atoms with van der Waals surface area (Å²) in [6.07, 6.45) is 1.55. The Morgan fingerprint density at radius 1 is 1.33 bits per heavy atom. The molecular formula is C13H18O2. The van der Waals surface area contributed by atoms with Crippen molar-refractivity contribution < 1.29 is 9.53 Å². The summed E-state index contributed by atoms with van der Waals surface area (Å²) in [7, 11) is 1.68. The highest BCUT2D eigenvalue weighted by atomic mass is 16.5. The Morgan fingerprint density at radius 2 is 1.87 bits per heavy atom. The Labute approximate surface area is 91.3 Å². The number of carbonyl (C=O) groups is 1. The van der Waals surface area contributed by atoms with Gasteiger partial charge in [-0.05, 0) is 36.5 Å². The number of rotatable bonds is 4. The summed E-state index contributed by atoms with van der Waals surface area (Å²) in [5, 5.41) is 0. The molecule has 0 bridgehead atoms. The Kier molecular flexibility index (Phi) is 3.89. The maximum atomic E-state index is 10.5. The molecule has 1 rings (SSSR count). The average Bonchev–Trinajstić information content (AvgIpc) is 2.17. The second-order valence-corrected chi connectivity index (χ2v) is 3.99. The van der Waals surface area contributed by atoms with Crippen LogP contribution < -0.4 is 4.74 Å². The third-order valence-corrected chi connectivity index (χ3v) is 2.71. The van der Waals surface area contributed by atoms with E-state index < -0.39 is 0 Å². The minimum atomic E-state index is 0.283. The highest BCUT2D eigenvalue weighted by Crippen LogP contribution is 2.28. The summed E-state index contributed by atoms with van der Waals surface area (Å²) < 4.78 is 5.30. The van der Waals surface area contributed by atoms with E-state index in [4.69, 9.17) is 4.74 Å². The first-order chi connectivity index (χ1) is 7.10. The van der Waals surface area contributed by atoms with Gasteiger partial charge in [0.15, 0.2) is 0 Å². The molecular weight excluding hydrogens is 188 g/mol. The minimum absolute atomic E-state index is 0.283. The van der Waals surface area contributed by atoms with Crippen LogP contribution in [0, 0.1) is 13.8 Å². The van der Waals surface area contributed by atoms with Crippen LogP contribution in [-0.2, 0) is 4.79 Å². The molecule has 0 aliphatic carbocycles. The Hall–Kier alpha value is -1.31. The molecule has 2 heteroatoms. The number of aldehydes is 1. The third-order valence-electron chi connectivity index (χ3n) is 2.71. The van der Waals surface area contributed by atoms with E-state index in [-0.39, 0.29) is 5.92 Å². The van der Waals surface area contributed by atoms with Crippen LogP contribution in [0.2, 0.25) is 0 Å². The fraction of sp³-hybridized carbons (Fsp3) is 0.462. The van der Waals surface area contributed by atoms with Gasteiger partial charge in [0.2, 0.25) is 0 Å². The molecule has 0 saturated heterocycles. The topological polar surface area (TPSA) is 26.3 Å². The average molecular weight is 206 g/mol. The van der Waals surface area contributed by atoms with Crippen LogP contribution in [0.1, 0.15) is 36.0 Å². The first kappa shape index (κ1) is 11.8. The van der Waals surface area contributed by atoms with Gasteiger partial charge < -0.3 is 9.53 Å². The van der Waals surface area contributed by atoms with E-state index in [0.29, 0.717) is 6.42 Å². The van der Waals surface area contributed by atoms with Crippen molar-refractivity contribution in [3.63, 3.8) is 0 Å². The molecule has 0 fully saturated rings. The summed E-state index contributed by atoms with van der Waals surface area (Å²) in [4.78, 5) is 10.5. The molecule has 1 unspecified atom stereocenters. The van der Waals surface area contributed by atoms with Gasteiger partial charge in [0.25, 0.3) is 0 Å². The minimum Gasteiger partial charge on any atom is -0.496 e. The van der Waals surface area contributed by atoms with Gasteiger partial charge in [-0.15, -0.1) is 0 Å². The number of aryl methyl sites for hydroxylation is 2. The highest BCUT2D eigenvalue weighted by Gasteiger charge is 2.09. The zero-order valence-electron chi connectivity index (χ0n) is 9.83. The number of hydrogen-bond acceptors (Lipinski definition) is 2. The summed E-state index contributed by atoms with van der Waals surface area (Å²) in [6.45, 7) is 6.13. The van der Waals surface area contributed by atoms with Crippen LogP contribution in [0.3, 0.4) is 0 Å². The molecule has 0 aliphatic heterocycles. The normalized spacial score (nSPS) is 12.3. The second kappa shape index (κ2) is 4.96. The standard InChI is InChI=1S/C13H18O2/c1-9(5-6-14)12-7-10(2)13(15-4)11(3)8-12/h6-9H,5H2,1-4H3. The number of carbonyl (C=O) groups excluding carboxylic acids is 1. The lowest BCUT2D eigenvalue weighted by Crippen LogP contribution is -1.98. The van der Waals surface area contributed by atoms with Gasteiger partial charge in [-0.3, -0.25) is 0 Å². The zero-order valence-corrected chi connectivity index (χ0v) is 9.83. The maximum Gasteiger partial charge on any atom is 0.124 e. The second-order valence-electron chi connectivity index (χ2n) is 3.99. The lowest BCUT2D eigenvalue weighted by molar-refractivity contribution is -0.108. The summed E-state index contributed by atoms with van der Waals surface area (Å²) in [5.41, 5.74) is 3.47. The van der Waals surface area contributed by atoms with Crippen molar-refractivity contribution in [3.05, 3.63) is 28.8 Å². The van der Waals surface area contributed by atoms with E-state index in [1.807, 2.05) is 13.8 Å². The van der Waals surface area contributed by atoms with E-state index in [1.54, 1.807) is 7.11 Å². The fourth-order valence-electron chi connectivity index (χ4n) is 1.87. The van der Waals surface area contributed by atoms with E-state index in [0.717, 1.165) is 23.2 Å². The van der Waals surface area contributed by atoms with Crippen molar-refractivity contribution >= 4 is 6.29 Å². The molecule has 2 nitrogen and oxygen atoms in total. The van der Waals surface area contributed by atoms with E-state index in [9.17, 15) is 4.79 Å². The van der Waals surface area contributed by atoms with Gasteiger partial charge in [-0.1, -0.05) is 19.1 Å². The van der Waals surface area contributed by atoms with Crippen LogP contribution in [0.25, 0.3) is 0 Å². The molecule has 0 saturated carbocycles. The van der Waals surface area contributed by atoms with Gasteiger partial charge in [0.05, 0.1) is 7.11 Å². The molecule has 82 valence electrons. The van der Waals surface area contributed by atoms with Crippen molar-refractivity contribution in [2.45, 2.75) is 33.1 Å². The lowest BCUT2D eigenvalue weighted by atomic mass is 9.94. The molecule has 0 aromatic heterocycles. The summed E-state index contributed by atoms with van der Waals surface area (Å²) in [5.74, 6) is 1.22. The number of hydrogen-bond donors (Lipinski definition) is 0. The van der Waals surface area contributed by atoms with E-state index in [1.165, 1.54) is 5.56 Å². The Bertz CT molecular complexity index is 333. The molecule has 1 aromatic rings. The van der Waals surface area contributed by atoms with Gasteiger partial charge in [-0.25, -0.2) is 0 Å². The Balaban J connectivity index is 3.07. The predicted molar refractivity (Wildman–Crippen MR) is 61.6 cm³/mol. The molecule has 0 heterocycles. The van der Waals surface area contributed by atoms with Crippen molar-refractivity contribution in [3.8, 4) is 5.75 Å². The zero-order chi connectivity index (χ0) is 11.4. The molecule has 15 heavy (non-hydrogen) atoms. The lowest BCUT2D eigenvalue weighted by Gasteiger charge is -2.14. The van der Waals surface area contributed by atoms with E-state index in [2.05, 4.69) is 19.1 Å². The molecule has 0 amide bonds. The third kappa shape index (κ3) is 2.58. The van der Waals surface area contributed by atoms with Gasteiger partial charge in [0, 0.05) is 6.42 Å². The molecule has 0 N–H and O–H groups in total. The summed E-state index contributed by atoms with van der Waals surface area (Å²) in [6, 6.07) is 4.19. The quantitative estimate of drug-likeness (QED) is 0.708. The maximum absolute atomic E-state index is 10.5. The van der Waals surface area contributed by atoms with Crippen LogP contribution in [-0.4, -0.2) is 13.4 Å². The SMILES string of the molecule is COc1c(C)cc(C(C)CC=O)cc1C. The molecule has 1 aromatic carbocycles. The van der Waals surface area contributed by atoms with Crippen molar-refractivity contribution in [2.24, 2.45) is 0 Å². The van der Waals surface area contributed by atoms with Crippen LogP contribution in [0.5, 0.6) is 5.75 Å². The van der Waals surface area contributed by atoms with Crippen LogP contribution in [0.15, 0.2) is 12.1 Å². The molecule has 0 spiro atoms. The molecule has 1 atom stereocenters. The fourth-order valence-corrected chi connectivity index (χ4v) is 1.87. The van der Waals surface area contributed by atoms with Gasteiger partial charge in [-0.2, -0.15) is 0 Å². The van der Waals surface area contributed by atoms with Gasteiger partial charge >= 0.3 is 0 Å². The van der Waals surface area contributed by atoms with Crippen molar-refractivity contribution in [2.75, 3.05) is 7.11 Å². The van der Waals surface area contributed by atoms with Crippen LogP contribution in [0.4, 0.5) is 0 Å². The van der Waals surface area contributed by atoms with Crippen LogP contribution >= 0.6 is 0 Å². The van der Waals surface area contributed by atoms with Crippen molar-refractivity contribution in [1.82, 2.24) is 0 Å². The number of benzene rings is 1. The first-order valence-corrected chi connectivity index (χ1v) is 5.19. The monoisotopic (exact) mass is 206 g/mol. The molecule has 0 aliphatic rings. The largest absolute Gasteiger partial charge is 0.496 e. The number of methoxy groups -OCH3 is 1.